The van der Waals surface area contributed by atoms with E-state index in [2.05, 4.69) is 13.8 Å². The van der Waals surface area contributed by atoms with E-state index in [4.69, 9.17) is 0 Å². The van der Waals surface area contributed by atoms with E-state index in [1.165, 1.54) is 102 Å². The van der Waals surface area contributed by atoms with E-state index in [1.54, 1.807) is 12.1 Å². The standard InChI is InChI=1S/C32H52O3S.Na/c1-3-5-7-9-11-13-15-17-19-23-28-27-32(36(33,34)35)31-26-22-21-25-30(31)29(28)24-20-18-16-14-12-10-8-6-4-2;/h21-22,25-27H,3-20,23-24H2,1-2H3,(H,33,34,35);/q;+1/p-1. The summed E-state index contributed by atoms with van der Waals surface area (Å²) in [4.78, 5) is -0.0418. The monoisotopic (exact) mass is 538 g/mol. The van der Waals surface area contributed by atoms with Gasteiger partial charge in [0.15, 0.2) is 0 Å². The van der Waals surface area contributed by atoms with Crippen molar-refractivity contribution in [3.05, 3.63) is 41.5 Å². The van der Waals surface area contributed by atoms with Gasteiger partial charge in [0.2, 0.25) is 0 Å². The van der Waals surface area contributed by atoms with E-state index in [-0.39, 0.29) is 34.5 Å². The third-order valence-electron chi connectivity index (χ3n) is 7.56. The number of hydrogen-bond donors (Lipinski definition) is 0. The molecule has 0 amide bonds. The Hall–Kier alpha value is -0.390. The normalized spacial score (nSPS) is 11.6. The van der Waals surface area contributed by atoms with Crippen LogP contribution < -0.4 is 29.6 Å². The molecule has 2 rings (SSSR count). The molecule has 0 N–H and O–H groups in total. The summed E-state index contributed by atoms with van der Waals surface area (Å²) in [5.41, 5.74) is 2.34. The Balaban J connectivity index is 0.00000684. The zero-order valence-corrected chi connectivity index (χ0v) is 27.0. The first-order valence-corrected chi connectivity index (χ1v) is 16.4. The van der Waals surface area contributed by atoms with E-state index in [1.807, 2.05) is 18.2 Å². The molecule has 5 heteroatoms. The maximum Gasteiger partial charge on any atom is 1.00 e. The number of rotatable bonds is 21. The molecule has 0 aliphatic rings. The molecule has 204 valence electrons. The molecular weight excluding hydrogens is 487 g/mol. The quantitative estimate of drug-likeness (QED) is 0.0987. The molecule has 0 saturated carbocycles. The minimum absolute atomic E-state index is 0. The number of unbranched alkanes of at least 4 members (excludes halogenated alkanes) is 16. The molecule has 0 heterocycles. The summed E-state index contributed by atoms with van der Waals surface area (Å²) in [5.74, 6) is 0. The molecule has 0 aromatic heterocycles. The van der Waals surface area contributed by atoms with E-state index in [9.17, 15) is 13.0 Å². The SMILES string of the molecule is CCCCCCCCCCCc1cc(S(=O)(=O)[O-])c2ccccc2c1CCCCCCCCCCC.[Na+]. The molecule has 0 aliphatic heterocycles. The summed E-state index contributed by atoms with van der Waals surface area (Å²) in [6.45, 7) is 4.51. The molecule has 0 fully saturated rings. The molecule has 37 heavy (non-hydrogen) atoms. The summed E-state index contributed by atoms with van der Waals surface area (Å²) >= 11 is 0. The van der Waals surface area contributed by atoms with Gasteiger partial charge in [-0.05, 0) is 53.6 Å². The molecule has 0 radical (unpaired) electrons. The number of hydrogen-bond acceptors (Lipinski definition) is 3. The Kier molecular flexibility index (Phi) is 19.2. The minimum Gasteiger partial charge on any atom is -0.744 e. The Labute approximate surface area is 250 Å². The van der Waals surface area contributed by atoms with Gasteiger partial charge in [-0.1, -0.05) is 141 Å². The van der Waals surface area contributed by atoms with E-state index in [0.29, 0.717) is 5.39 Å². The Morgan fingerprint density at radius 3 is 1.46 bits per heavy atom. The summed E-state index contributed by atoms with van der Waals surface area (Å²) in [6, 6.07) is 9.30. The Morgan fingerprint density at radius 2 is 1.00 bits per heavy atom. The van der Waals surface area contributed by atoms with Crippen LogP contribution in [-0.4, -0.2) is 13.0 Å². The molecule has 3 nitrogen and oxygen atoms in total. The molecule has 2 aromatic rings. The molecule has 0 spiro atoms. The van der Waals surface area contributed by atoms with Gasteiger partial charge in [-0.15, -0.1) is 0 Å². The van der Waals surface area contributed by atoms with Crippen LogP contribution in [0.4, 0.5) is 0 Å². The number of fused-ring (bicyclic) bond motifs is 1. The average Bonchev–Trinajstić information content (AvgIpc) is 2.86. The van der Waals surface area contributed by atoms with Crippen molar-refractivity contribution in [2.75, 3.05) is 0 Å². The molecule has 0 saturated heterocycles. The van der Waals surface area contributed by atoms with E-state index < -0.39 is 10.1 Å². The van der Waals surface area contributed by atoms with Crippen LogP contribution in [0.25, 0.3) is 10.8 Å². The first-order chi connectivity index (χ1) is 17.5. The largest absolute Gasteiger partial charge is 1.00 e. The van der Waals surface area contributed by atoms with Crippen LogP contribution in [0.1, 0.15) is 141 Å². The molecule has 0 aliphatic carbocycles. The predicted octanol–water partition coefficient (Wildman–Crippen LogP) is 6.89. The van der Waals surface area contributed by atoms with Crippen molar-refractivity contribution in [3.8, 4) is 0 Å². The van der Waals surface area contributed by atoms with Crippen molar-refractivity contribution in [2.45, 2.75) is 147 Å². The van der Waals surface area contributed by atoms with Crippen LogP contribution in [0.3, 0.4) is 0 Å². The Bertz CT molecular complexity index is 971. The van der Waals surface area contributed by atoms with Crippen LogP contribution in [0, 0.1) is 0 Å². The fourth-order valence-electron chi connectivity index (χ4n) is 5.42. The van der Waals surface area contributed by atoms with Gasteiger partial charge in [-0.3, -0.25) is 0 Å². The van der Waals surface area contributed by atoms with Gasteiger partial charge in [-0.2, -0.15) is 0 Å². The van der Waals surface area contributed by atoms with Crippen LogP contribution in [0.2, 0.25) is 0 Å². The van der Waals surface area contributed by atoms with Gasteiger partial charge >= 0.3 is 29.6 Å². The van der Waals surface area contributed by atoms with Crippen molar-refractivity contribution < 1.29 is 42.5 Å². The molecule has 0 bridgehead atoms. The number of aryl methyl sites for hydroxylation is 2. The van der Waals surface area contributed by atoms with Crippen LogP contribution >= 0.6 is 0 Å². The van der Waals surface area contributed by atoms with Crippen LogP contribution in [0.5, 0.6) is 0 Å². The topological polar surface area (TPSA) is 57.2 Å². The van der Waals surface area contributed by atoms with Crippen molar-refractivity contribution >= 4 is 20.9 Å². The van der Waals surface area contributed by atoms with Crippen molar-refractivity contribution in [1.29, 1.82) is 0 Å². The fourth-order valence-corrected chi connectivity index (χ4v) is 6.15. The molecular formula is C32H51NaO3S. The van der Waals surface area contributed by atoms with Crippen molar-refractivity contribution in [3.63, 3.8) is 0 Å². The minimum atomic E-state index is -4.51. The maximum absolute atomic E-state index is 12.1. The van der Waals surface area contributed by atoms with Gasteiger partial charge < -0.3 is 4.55 Å². The second-order valence-electron chi connectivity index (χ2n) is 10.7. The fraction of sp³-hybridized carbons (Fsp3) is 0.688. The van der Waals surface area contributed by atoms with Crippen LogP contribution in [0.15, 0.2) is 35.2 Å². The summed E-state index contributed by atoms with van der Waals surface area (Å²) in [7, 11) is -4.51. The van der Waals surface area contributed by atoms with Gasteiger partial charge in [0.1, 0.15) is 10.1 Å². The molecule has 0 atom stereocenters. The third-order valence-corrected chi connectivity index (χ3v) is 8.44. The van der Waals surface area contributed by atoms with E-state index in [0.717, 1.165) is 43.1 Å². The zero-order valence-electron chi connectivity index (χ0n) is 24.2. The first-order valence-electron chi connectivity index (χ1n) is 15.0. The van der Waals surface area contributed by atoms with Gasteiger partial charge in [0.25, 0.3) is 0 Å². The van der Waals surface area contributed by atoms with Crippen LogP contribution in [-0.2, 0) is 23.0 Å². The average molecular weight is 539 g/mol. The van der Waals surface area contributed by atoms with E-state index >= 15 is 0 Å². The second kappa shape index (κ2) is 20.5. The smallest absolute Gasteiger partial charge is 0.744 e. The maximum atomic E-state index is 12.1. The van der Waals surface area contributed by atoms with Gasteiger partial charge in [0, 0.05) is 0 Å². The predicted molar refractivity (Wildman–Crippen MR) is 154 cm³/mol. The van der Waals surface area contributed by atoms with Gasteiger partial charge in [-0.25, -0.2) is 8.42 Å². The molecule has 2 aromatic carbocycles. The second-order valence-corrected chi connectivity index (χ2v) is 12.0. The van der Waals surface area contributed by atoms with Crippen molar-refractivity contribution in [2.24, 2.45) is 0 Å². The Morgan fingerprint density at radius 1 is 0.595 bits per heavy atom. The third kappa shape index (κ3) is 13.5. The zero-order chi connectivity index (χ0) is 26.1. The summed E-state index contributed by atoms with van der Waals surface area (Å²) < 4.78 is 36.3. The number of benzene rings is 2. The van der Waals surface area contributed by atoms with Gasteiger partial charge in [0.05, 0.1) is 4.90 Å². The summed E-state index contributed by atoms with van der Waals surface area (Å²) in [5, 5.41) is 1.55. The summed E-state index contributed by atoms with van der Waals surface area (Å²) in [6.07, 6.45) is 24.8. The molecule has 0 unspecified atom stereocenters. The van der Waals surface area contributed by atoms with Crippen molar-refractivity contribution in [1.82, 2.24) is 0 Å². The first kappa shape index (κ1) is 34.6.